The predicted molar refractivity (Wildman–Crippen MR) is 76.1 cm³/mol. The van der Waals surface area contributed by atoms with Crippen molar-refractivity contribution in [2.24, 2.45) is 0 Å². The second-order valence-corrected chi connectivity index (χ2v) is 5.50. The molecular weight excluding hydrogens is 292 g/mol. The molecule has 0 aliphatic rings. The molecule has 0 aliphatic carbocycles. The molecule has 96 valence electrons. The van der Waals surface area contributed by atoms with Gasteiger partial charge < -0.3 is 5.11 Å². The van der Waals surface area contributed by atoms with Crippen molar-refractivity contribution in [2.45, 2.75) is 33.8 Å². The number of aliphatic hydroxyl groups excluding tert-OH is 1. The summed E-state index contributed by atoms with van der Waals surface area (Å²) >= 11 is 3.43. The van der Waals surface area contributed by atoms with E-state index in [1.807, 2.05) is 36.7 Å². The maximum Gasteiger partial charge on any atom is 0.0783 e. The molecule has 2 aromatic rings. The van der Waals surface area contributed by atoms with Gasteiger partial charge in [-0.05, 0) is 51.5 Å². The standard InChI is InChI=1S/C14H17BrN2O/c1-8-9(2)16-17(10(8)3)14-6-5-12(15)7-13(14)11(4)18/h5-7,11,18H,1-4H3. The Morgan fingerprint density at radius 2 is 1.94 bits per heavy atom. The smallest absolute Gasteiger partial charge is 0.0783 e. The molecule has 1 aromatic carbocycles. The number of hydrogen-bond donors (Lipinski definition) is 1. The minimum absolute atomic E-state index is 0.526. The summed E-state index contributed by atoms with van der Waals surface area (Å²) in [4.78, 5) is 0. The van der Waals surface area contributed by atoms with Gasteiger partial charge in [0.05, 0.1) is 17.5 Å². The van der Waals surface area contributed by atoms with Gasteiger partial charge in [-0.25, -0.2) is 4.68 Å². The molecule has 4 heteroatoms. The fourth-order valence-electron chi connectivity index (χ4n) is 2.01. The van der Waals surface area contributed by atoms with E-state index in [0.29, 0.717) is 0 Å². The second kappa shape index (κ2) is 4.86. The maximum absolute atomic E-state index is 9.90. The molecule has 2 rings (SSSR count). The van der Waals surface area contributed by atoms with Crippen molar-refractivity contribution in [2.75, 3.05) is 0 Å². The Kier molecular flexibility index (Phi) is 3.59. The Morgan fingerprint density at radius 1 is 1.28 bits per heavy atom. The van der Waals surface area contributed by atoms with Crippen LogP contribution in [0.2, 0.25) is 0 Å². The largest absolute Gasteiger partial charge is 0.389 e. The van der Waals surface area contributed by atoms with Crippen molar-refractivity contribution in [1.29, 1.82) is 0 Å². The van der Waals surface area contributed by atoms with Gasteiger partial charge in [0, 0.05) is 15.7 Å². The molecule has 0 spiro atoms. The lowest BCUT2D eigenvalue weighted by molar-refractivity contribution is 0.199. The third kappa shape index (κ3) is 2.22. The summed E-state index contributed by atoms with van der Waals surface area (Å²) in [7, 11) is 0. The maximum atomic E-state index is 9.90. The van der Waals surface area contributed by atoms with E-state index in [2.05, 4.69) is 28.0 Å². The van der Waals surface area contributed by atoms with E-state index in [1.54, 1.807) is 6.92 Å². The van der Waals surface area contributed by atoms with Gasteiger partial charge >= 0.3 is 0 Å². The van der Waals surface area contributed by atoms with Crippen LogP contribution in [0.1, 0.15) is 35.5 Å². The Balaban J connectivity index is 2.67. The molecule has 0 amide bonds. The fourth-order valence-corrected chi connectivity index (χ4v) is 2.39. The quantitative estimate of drug-likeness (QED) is 0.920. The summed E-state index contributed by atoms with van der Waals surface area (Å²) in [6.45, 7) is 7.88. The lowest BCUT2D eigenvalue weighted by Gasteiger charge is -2.14. The lowest BCUT2D eigenvalue weighted by atomic mass is 10.1. The van der Waals surface area contributed by atoms with Crippen molar-refractivity contribution in [3.8, 4) is 5.69 Å². The summed E-state index contributed by atoms with van der Waals surface area (Å²) < 4.78 is 2.86. The van der Waals surface area contributed by atoms with Crippen molar-refractivity contribution in [3.63, 3.8) is 0 Å². The van der Waals surface area contributed by atoms with E-state index in [-0.39, 0.29) is 0 Å². The van der Waals surface area contributed by atoms with Crippen LogP contribution in [-0.2, 0) is 0 Å². The van der Waals surface area contributed by atoms with Crippen LogP contribution in [0.4, 0.5) is 0 Å². The van der Waals surface area contributed by atoms with Crippen LogP contribution in [-0.4, -0.2) is 14.9 Å². The second-order valence-electron chi connectivity index (χ2n) is 4.59. The highest BCUT2D eigenvalue weighted by atomic mass is 79.9. The van der Waals surface area contributed by atoms with Crippen LogP contribution < -0.4 is 0 Å². The topological polar surface area (TPSA) is 38.0 Å². The number of aliphatic hydroxyl groups is 1. The van der Waals surface area contributed by atoms with E-state index in [1.165, 1.54) is 5.56 Å². The highest BCUT2D eigenvalue weighted by Crippen LogP contribution is 2.27. The van der Waals surface area contributed by atoms with Crippen molar-refractivity contribution >= 4 is 15.9 Å². The Morgan fingerprint density at radius 3 is 2.44 bits per heavy atom. The number of aryl methyl sites for hydroxylation is 1. The fraction of sp³-hybridized carbons (Fsp3) is 0.357. The van der Waals surface area contributed by atoms with Crippen LogP contribution in [0, 0.1) is 20.8 Å². The molecule has 18 heavy (non-hydrogen) atoms. The van der Waals surface area contributed by atoms with Gasteiger partial charge in [-0.15, -0.1) is 0 Å². The first-order valence-electron chi connectivity index (χ1n) is 5.92. The van der Waals surface area contributed by atoms with E-state index in [9.17, 15) is 5.11 Å². The van der Waals surface area contributed by atoms with E-state index >= 15 is 0 Å². The average molecular weight is 309 g/mol. The van der Waals surface area contributed by atoms with E-state index < -0.39 is 6.10 Å². The minimum atomic E-state index is -0.526. The molecule has 1 unspecified atom stereocenters. The SMILES string of the molecule is Cc1nn(-c2ccc(Br)cc2C(C)O)c(C)c1C. The first-order chi connectivity index (χ1) is 8.41. The van der Waals surface area contributed by atoms with Crippen molar-refractivity contribution in [3.05, 3.63) is 45.2 Å². The summed E-state index contributed by atoms with van der Waals surface area (Å²) in [6.07, 6.45) is -0.526. The normalized spacial score (nSPS) is 12.8. The molecule has 0 aliphatic heterocycles. The number of rotatable bonds is 2. The molecule has 1 atom stereocenters. The molecule has 3 nitrogen and oxygen atoms in total. The number of hydrogen-bond acceptors (Lipinski definition) is 2. The zero-order chi connectivity index (χ0) is 13.4. The van der Waals surface area contributed by atoms with Gasteiger partial charge in [0.1, 0.15) is 0 Å². The first kappa shape index (κ1) is 13.3. The van der Waals surface area contributed by atoms with E-state index in [4.69, 9.17) is 0 Å². The summed E-state index contributed by atoms with van der Waals surface area (Å²) in [6, 6.07) is 5.88. The van der Waals surface area contributed by atoms with Crippen LogP contribution >= 0.6 is 15.9 Å². The summed E-state index contributed by atoms with van der Waals surface area (Å²) in [5, 5.41) is 14.4. The molecule has 1 N–H and O–H groups in total. The number of nitrogens with zero attached hydrogens (tertiary/aromatic N) is 2. The first-order valence-corrected chi connectivity index (χ1v) is 6.72. The van der Waals surface area contributed by atoms with Crippen LogP contribution in [0.15, 0.2) is 22.7 Å². The monoisotopic (exact) mass is 308 g/mol. The predicted octanol–water partition coefficient (Wildman–Crippen LogP) is 3.61. The molecule has 1 aromatic heterocycles. The number of aromatic nitrogens is 2. The molecule has 0 fully saturated rings. The number of benzene rings is 1. The Labute approximate surface area is 116 Å². The molecule has 1 heterocycles. The van der Waals surface area contributed by atoms with Gasteiger partial charge in [-0.2, -0.15) is 5.10 Å². The average Bonchev–Trinajstić information content (AvgIpc) is 2.57. The summed E-state index contributed by atoms with van der Waals surface area (Å²) in [5.41, 5.74) is 5.12. The van der Waals surface area contributed by atoms with Gasteiger partial charge in [0.25, 0.3) is 0 Å². The van der Waals surface area contributed by atoms with Crippen LogP contribution in [0.3, 0.4) is 0 Å². The molecule has 0 radical (unpaired) electrons. The Hall–Kier alpha value is -1.13. The highest BCUT2D eigenvalue weighted by Gasteiger charge is 2.15. The third-order valence-corrected chi connectivity index (χ3v) is 3.81. The molecule has 0 bridgehead atoms. The van der Waals surface area contributed by atoms with E-state index in [0.717, 1.165) is 27.1 Å². The lowest BCUT2D eigenvalue weighted by Crippen LogP contribution is -2.06. The molecular formula is C14H17BrN2O. The van der Waals surface area contributed by atoms with Crippen LogP contribution in [0.5, 0.6) is 0 Å². The van der Waals surface area contributed by atoms with Crippen molar-refractivity contribution < 1.29 is 5.11 Å². The zero-order valence-electron chi connectivity index (χ0n) is 11.0. The molecule has 0 saturated heterocycles. The Bertz CT molecular complexity index is 588. The minimum Gasteiger partial charge on any atom is -0.389 e. The van der Waals surface area contributed by atoms with Gasteiger partial charge in [-0.3, -0.25) is 0 Å². The van der Waals surface area contributed by atoms with Crippen LogP contribution in [0.25, 0.3) is 5.69 Å². The van der Waals surface area contributed by atoms with Gasteiger partial charge in [0.2, 0.25) is 0 Å². The van der Waals surface area contributed by atoms with Crippen molar-refractivity contribution in [1.82, 2.24) is 9.78 Å². The van der Waals surface area contributed by atoms with Gasteiger partial charge in [0.15, 0.2) is 0 Å². The molecule has 0 saturated carbocycles. The van der Waals surface area contributed by atoms with Gasteiger partial charge in [-0.1, -0.05) is 15.9 Å². The summed E-state index contributed by atoms with van der Waals surface area (Å²) in [5.74, 6) is 0. The highest BCUT2D eigenvalue weighted by molar-refractivity contribution is 9.10. The zero-order valence-corrected chi connectivity index (χ0v) is 12.6. The number of halogens is 1. The third-order valence-electron chi connectivity index (χ3n) is 3.32.